The summed E-state index contributed by atoms with van der Waals surface area (Å²) >= 11 is 7.86. The van der Waals surface area contributed by atoms with Gasteiger partial charge in [-0.15, -0.1) is 11.8 Å². The number of nitrogens with zero attached hydrogens (tertiary/aromatic N) is 1. The third-order valence-corrected chi connectivity index (χ3v) is 14.6. The lowest BCUT2D eigenvalue weighted by molar-refractivity contribution is -0.157. The topological polar surface area (TPSA) is 255 Å². The molecule has 18 nitrogen and oxygen atoms in total. The number of rotatable bonds is 12. The van der Waals surface area contributed by atoms with Crippen molar-refractivity contribution in [2.75, 3.05) is 31.8 Å². The highest BCUT2D eigenvalue weighted by Gasteiger charge is 2.64. The van der Waals surface area contributed by atoms with E-state index in [1.807, 2.05) is 13.0 Å². The highest BCUT2D eigenvalue weighted by molar-refractivity contribution is 8.00. The summed E-state index contributed by atoms with van der Waals surface area (Å²) in [5, 5.41) is 19.2. The zero-order chi connectivity index (χ0) is 47.4. The maximum Gasteiger partial charge on any atom is 0.409 e. The number of halogens is 1. The van der Waals surface area contributed by atoms with Crippen LogP contribution in [0.2, 0.25) is 5.02 Å². The monoisotopic (exact) mass is 945 g/mol. The molecule has 5 aliphatic rings. The van der Waals surface area contributed by atoms with Gasteiger partial charge < -0.3 is 45.2 Å². The molecule has 1 aromatic carbocycles. The minimum Gasteiger partial charge on any atom is -0.495 e. The van der Waals surface area contributed by atoms with E-state index in [1.54, 1.807) is 38.1 Å². The molecule has 4 bridgehead atoms. The van der Waals surface area contributed by atoms with E-state index in [0.717, 1.165) is 11.1 Å². The van der Waals surface area contributed by atoms with Gasteiger partial charge in [0.25, 0.3) is 0 Å². The van der Waals surface area contributed by atoms with E-state index >= 15 is 0 Å². The standard InChI is InChI=1S/C45H60ClN5O13S/c1-23-8-7-9-33(61-6)45(59)21-31(62-43(58)50-45)24(2)39-44(4,64-39)34(20-36(53)49-29-17-27(16-23)18-30(60-5)38(29)46)63-42(57)25(3)48-35(52)14-15-65-32-19-37(54)51(41(32)56)22-26-10-12-28(13-11-26)40(47)55/h7-9,17-18,24-26,28,31-34,39,59H,10-16,19-22H2,1-6H3,(H2,47,55)(H,48,52)(H,49,53)(H,50,58)/b9-7+,23-8+/t24-,25+,26?,28?,31+,32?,33-,34+,39+,44+,45+/m1/s1. The van der Waals surface area contributed by atoms with Crippen molar-refractivity contribution in [3.05, 3.63) is 46.5 Å². The lowest BCUT2D eigenvalue weighted by Crippen LogP contribution is -2.63. The predicted octanol–water partition coefficient (Wildman–Crippen LogP) is 3.69. The summed E-state index contributed by atoms with van der Waals surface area (Å²) in [5.41, 5.74) is 4.19. The Morgan fingerprint density at radius 1 is 1.12 bits per heavy atom. The molecular formula is C45H60ClN5O13S. The summed E-state index contributed by atoms with van der Waals surface area (Å²) in [7, 11) is 2.86. The second-order valence-corrected chi connectivity index (χ2v) is 19.6. The highest BCUT2D eigenvalue weighted by atomic mass is 35.5. The first-order valence-electron chi connectivity index (χ1n) is 21.9. The summed E-state index contributed by atoms with van der Waals surface area (Å²) in [6.07, 6.45) is 3.01. The minimum absolute atomic E-state index is 0.0219. The summed E-state index contributed by atoms with van der Waals surface area (Å²) in [5.74, 6) is -2.98. The van der Waals surface area contributed by atoms with Crippen molar-refractivity contribution >= 4 is 70.6 Å². The van der Waals surface area contributed by atoms with Gasteiger partial charge in [-0.05, 0) is 76.5 Å². The number of esters is 1. The number of hydrogen-bond donors (Lipinski definition) is 5. The number of aliphatic hydroxyl groups is 1. The number of anilines is 1. The van der Waals surface area contributed by atoms with Crippen LogP contribution in [0.4, 0.5) is 10.5 Å². The van der Waals surface area contributed by atoms with E-state index < -0.39 is 83.2 Å². The lowest BCUT2D eigenvalue weighted by atomic mass is 9.81. The minimum atomic E-state index is -1.87. The van der Waals surface area contributed by atoms with Crippen LogP contribution in [-0.2, 0) is 54.1 Å². The smallest absolute Gasteiger partial charge is 0.409 e. The van der Waals surface area contributed by atoms with Crippen LogP contribution < -0.4 is 26.4 Å². The number of carbonyl (C=O) groups is 7. The number of allylic oxidation sites excluding steroid dienone is 3. The van der Waals surface area contributed by atoms with Crippen LogP contribution in [-0.4, -0.2) is 125 Å². The van der Waals surface area contributed by atoms with Gasteiger partial charge in [-0.2, -0.15) is 0 Å². The van der Waals surface area contributed by atoms with Crippen LogP contribution in [0.3, 0.4) is 0 Å². The van der Waals surface area contributed by atoms with Crippen molar-refractivity contribution in [1.82, 2.24) is 15.5 Å². The number of primary amides is 1. The van der Waals surface area contributed by atoms with Crippen LogP contribution in [0.15, 0.2) is 35.9 Å². The maximum absolute atomic E-state index is 13.9. The number of methoxy groups -OCH3 is 2. The molecule has 4 aliphatic heterocycles. The third kappa shape index (κ3) is 11.8. The SMILES string of the molecule is COc1cc2cc(c1Cl)NC(=O)C[C@H](OC(=O)[C@H](C)NC(=O)CCSC1CC(=O)N(CC3CCC(C(N)=O)CC3)C1=O)[C@]1(C)O[C@H]1[C@H](C)[C@@H]1C[C@@](O)(NC(=O)O1)[C@H](OC)/C=C/C=C(\C)C2. The molecular weight excluding hydrogens is 886 g/mol. The second-order valence-electron chi connectivity index (χ2n) is 17.9. The Kier molecular flexibility index (Phi) is 16.0. The molecule has 4 fully saturated rings. The number of carbonyl (C=O) groups excluding carboxylic acids is 7. The summed E-state index contributed by atoms with van der Waals surface area (Å²) in [6.45, 7) is 7.04. The van der Waals surface area contributed by atoms with E-state index in [-0.39, 0.29) is 65.3 Å². The van der Waals surface area contributed by atoms with E-state index in [2.05, 4.69) is 16.0 Å². The van der Waals surface area contributed by atoms with Gasteiger partial charge in [0.05, 0.1) is 30.6 Å². The Morgan fingerprint density at radius 3 is 2.52 bits per heavy atom. The molecule has 0 spiro atoms. The Balaban J connectivity index is 1.12. The molecule has 0 radical (unpaired) electrons. The lowest BCUT2D eigenvalue weighted by Gasteiger charge is -2.42. The van der Waals surface area contributed by atoms with Gasteiger partial charge in [-0.1, -0.05) is 42.3 Å². The molecule has 356 valence electrons. The van der Waals surface area contributed by atoms with E-state index in [0.29, 0.717) is 44.4 Å². The molecule has 65 heavy (non-hydrogen) atoms. The molecule has 3 saturated heterocycles. The predicted molar refractivity (Wildman–Crippen MR) is 238 cm³/mol. The summed E-state index contributed by atoms with van der Waals surface area (Å²) in [4.78, 5) is 92.4. The van der Waals surface area contributed by atoms with Crippen molar-refractivity contribution in [3.8, 4) is 5.75 Å². The maximum atomic E-state index is 13.9. The normalized spacial score (nSPS) is 33.5. The number of nitrogens with two attached hydrogens (primary N) is 1. The molecule has 6 rings (SSSR count). The Labute approximate surface area is 387 Å². The first-order valence-corrected chi connectivity index (χ1v) is 23.3. The van der Waals surface area contributed by atoms with E-state index in [1.165, 1.54) is 37.8 Å². The number of hydrogen-bond acceptors (Lipinski definition) is 14. The van der Waals surface area contributed by atoms with Crippen molar-refractivity contribution in [2.45, 2.75) is 133 Å². The number of fused-ring (bicyclic) bond motifs is 5. The van der Waals surface area contributed by atoms with Crippen LogP contribution >= 0.6 is 23.4 Å². The molecule has 9 atom stereocenters. The van der Waals surface area contributed by atoms with E-state index in [9.17, 15) is 38.7 Å². The third-order valence-electron chi connectivity index (χ3n) is 13.0. The fourth-order valence-electron chi connectivity index (χ4n) is 9.18. The number of epoxide rings is 1. The van der Waals surface area contributed by atoms with Gasteiger partial charge in [0.15, 0.2) is 5.72 Å². The van der Waals surface area contributed by atoms with Crippen LogP contribution in [0.1, 0.15) is 84.6 Å². The number of benzene rings is 1. The summed E-state index contributed by atoms with van der Waals surface area (Å²) < 4.78 is 29.0. The Morgan fingerprint density at radius 2 is 1.85 bits per heavy atom. The quantitative estimate of drug-likeness (QED) is 0.114. The number of nitrogens with one attached hydrogen (secondary N) is 3. The van der Waals surface area contributed by atoms with Crippen molar-refractivity contribution < 1.29 is 62.4 Å². The van der Waals surface area contributed by atoms with Gasteiger partial charge in [0.1, 0.15) is 40.7 Å². The molecule has 6 amide bonds. The molecule has 6 N–H and O–H groups in total. The largest absolute Gasteiger partial charge is 0.495 e. The zero-order valence-corrected chi connectivity index (χ0v) is 39.1. The van der Waals surface area contributed by atoms with Crippen LogP contribution in [0.5, 0.6) is 5.75 Å². The molecule has 1 unspecified atom stereocenters. The molecule has 1 aliphatic carbocycles. The number of ether oxygens (including phenoxy) is 5. The van der Waals surface area contributed by atoms with E-state index in [4.69, 9.17) is 41.0 Å². The number of alkyl carbamates (subject to hydrolysis) is 1. The van der Waals surface area contributed by atoms with Gasteiger partial charge in [0.2, 0.25) is 29.5 Å². The fourth-order valence-corrected chi connectivity index (χ4v) is 10.5. The van der Waals surface area contributed by atoms with Crippen LogP contribution in [0, 0.1) is 17.8 Å². The fraction of sp³-hybridized carbons (Fsp3) is 0.622. The number of imide groups is 1. The number of amides is 6. The summed E-state index contributed by atoms with van der Waals surface area (Å²) in [6, 6.07) is 2.28. The Bertz CT molecular complexity index is 2100. The molecule has 1 aromatic rings. The zero-order valence-electron chi connectivity index (χ0n) is 37.5. The van der Waals surface area contributed by atoms with Gasteiger partial charge in [-0.3, -0.25) is 34.2 Å². The average molecular weight is 947 g/mol. The molecule has 20 heteroatoms. The number of thioether (sulfide) groups is 1. The van der Waals surface area contributed by atoms with Gasteiger partial charge in [-0.25, -0.2) is 9.59 Å². The molecule has 1 saturated carbocycles. The van der Waals surface area contributed by atoms with Gasteiger partial charge in [0, 0.05) is 50.5 Å². The van der Waals surface area contributed by atoms with Crippen molar-refractivity contribution in [1.29, 1.82) is 0 Å². The average Bonchev–Trinajstić information content (AvgIpc) is 3.88. The molecule has 4 heterocycles. The number of likely N-dealkylation sites (tertiary alicyclic amines) is 1. The first-order chi connectivity index (χ1) is 30.7. The second kappa shape index (κ2) is 20.9. The highest BCUT2D eigenvalue weighted by Crippen LogP contribution is 2.49. The van der Waals surface area contributed by atoms with Crippen LogP contribution in [0.25, 0.3) is 0 Å². The first kappa shape index (κ1) is 49.7. The van der Waals surface area contributed by atoms with Crippen molar-refractivity contribution in [2.24, 2.45) is 23.5 Å². The molecule has 0 aromatic heterocycles. The van der Waals surface area contributed by atoms with Gasteiger partial charge >= 0.3 is 12.1 Å². The Hall–Kier alpha value is -4.69. The van der Waals surface area contributed by atoms with Crippen molar-refractivity contribution in [3.63, 3.8) is 0 Å².